The largest absolute Gasteiger partial charge is 0.417 e. The molecule has 0 atom stereocenters. The van der Waals surface area contributed by atoms with E-state index in [9.17, 15) is 21.6 Å². The van der Waals surface area contributed by atoms with Crippen molar-refractivity contribution >= 4 is 40.1 Å². The monoisotopic (exact) mass is 452 g/mol. The van der Waals surface area contributed by atoms with E-state index < -0.39 is 27.3 Å². The fraction of sp³-hybridized carbons (Fsp3) is 0.333. The number of benzene rings is 2. The number of rotatable bonds is 4. The lowest BCUT2D eigenvalue weighted by atomic mass is 9.97. The number of halogens is 4. The van der Waals surface area contributed by atoms with Crippen molar-refractivity contribution in [3.05, 3.63) is 46.5 Å². The topological polar surface area (TPSA) is 58.2 Å². The van der Waals surface area contributed by atoms with E-state index in [2.05, 4.69) is 22.3 Å². The third-order valence-electron chi connectivity index (χ3n) is 3.73. The summed E-state index contributed by atoms with van der Waals surface area (Å²) in [6.45, 7) is 6.59. The summed E-state index contributed by atoms with van der Waals surface area (Å²) >= 11 is 9.89. The van der Waals surface area contributed by atoms with Gasteiger partial charge in [-0.2, -0.15) is 13.2 Å². The molecule has 2 aromatic rings. The fourth-order valence-electron chi connectivity index (χ4n) is 2.69. The number of anilines is 1. The lowest BCUT2D eigenvalue weighted by Gasteiger charge is -2.22. The van der Waals surface area contributed by atoms with Crippen molar-refractivity contribution in [3.63, 3.8) is 0 Å². The number of hydrogen-bond acceptors (Lipinski definition) is 4. The molecule has 0 aliphatic rings. The van der Waals surface area contributed by atoms with Crippen LogP contribution in [0.15, 0.2) is 35.2 Å². The number of aryl methyl sites for hydroxylation is 1. The van der Waals surface area contributed by atoms with Crippen molar-refractivity contribution in [1.29, 1.82) is 0 Å². The van der Waals surface area contributed by atoms with Gasteiger partial charge in [0, 0.05) is 16.8 Å². The van der Waals surface area contributed by atoms with Gasteiger partial charge in [0.1, 0.15) is 0 Å². The summed E-state index contributed by atoms with van der Waals surface area (Å²) in [5, 5.41) is -0.178. The number of thiol groups is 1. The zero-order valence-electron chi connectivity index (χ0n) is 15.6. The van der Waals surface area contributed by atoms with Gasteiger partial charge in [-0.15, -0.1) is 0 Å². The van der Waals surface area contributed by atoms with Crippen LogP contribution in [0.1, 0.15) is 31.9 Å². The van der Waals surface area contributed by atoms with E-state index in [4.69, 9.17) is 11.6 Å². The SMILES string of the molecule is Cc1ccc(-c2c(Cl)cc(NS)cc2C(F)(F)F)cc1S(=O)(=O)NC(C)(C)C. The minimum atomic E-state index is -4.70. The van der Waals surface area contributed by atoms with Crippen LogP contribution >= 0.6 is 24.4 Å². The van der Waals surface area contributed by atoms with Gasteiger partial charge in [-0.05, 0) is 57.0 Å². The van der Waals surface area contributed by atoms with Gasteiger partial charge in [-0.3, -0.25) is 0 Å². The molecule has 2 rings (SSSR count). The summed E-state index contributed by atoms with van der Waals surface area (Å²) in [7, 11) is -3.95. The van der Waals surface area contributed by atoms with Gasteiger partial charge in [-0.1, -0.05) is 36.5 Å². The Morgan fingerprint density at radius 3 is 2.18 bits per heavy atom. The van der Waals surface area contributed by atoms with E-state index >= 15 is 0 Å². The second-order valence-corrected chi connectivity index (χ2v) is 9.61. The molecule has 0 unspecified atom stereocenters. The molecule has 4 nitrogen and oxygen atoms in total. The Labute approximate surface area is 173 Å². The number of hydrogen-bond donors (Lipinski definition) is 3. The van der Waals surface area contributed by atoms with Crippen molar-refractivity contribution in [2.75, 3.05) is 4.72 Å². The Morgan fingerprint density at radius 1 is 1.07 bits per heavy atom. The van der Waals surface area contributed by atoms with Crippen LogP contribution in [0.3, 0.4) is 0 Å². The highest BCUT2D eigenvalue weighted by Crippen LogP contribution is 2.43. The van der Waals surface area contributed by atoms with Crippen molar-refractivity contribution in [2.24, 2.45) is 0 Å². The van der Waals surface area contributed by atoms with E-state index in [1.54, 1.807) is 27.7 Å². The van der Waals surface area contributed by atoms with E-state index in [0.717, 1.165) is 6.07 Å². The quantitative estimate of drug-likeness (QED) is 0.524. The predicted octanol–water partition coefficient (Wildman–Crippen LogP) is 5.67. The highest BCUT2D eigenvalue weighted by molar-refractivity contribution is 7.89. The molecule has 2 N–H and O–H groups in total. The fourth-order valence-corrected chi connectivity index (χ4v) is 4.84. The summed E-state index contributed by atoms with van der Waals surface area (Å²) in [6.07, 6.45) is -4.70. The molecule has 2 aromatic carbocycles. The maximum Gasteiger partial charge on any atom is 0.417 e. The van der Waals surface area contributed by atoms with E-state index in [-0.39, 0.29) is 26.7 Å². The first kappa shape index (κ1) is 22.9. The number of nitrogens with one attached hydrogen (secondary N) is 2. The molecule has 0 fully saturated rings. The Morgan fingerprint density at radius 2 is 1.68 bits per heavy atom. The van der Waals surface area contributed by atoms with Crippen LogP contribution in [-0.4, -0.2) is 14.0 Å². The lowest BCUT2D eigenvalue weighted by Crippen LogP contribution is -2.40. The molecule has 154 valence electrons. The molecule has 28 heavy (non-hydrogen) atoms. The lowest BCUT2D eigenvalue weighted by molar-refractivity contribution is -0.137. The number of alkyl halides is 3. The van der Waals surface area contributed by atoms with Crippen molar-refractivity contribution in [1.82, 2.24) is 4.72 Å². The van der Waals surface area contributed by atoms with Gasteiger partial charge in [0.05, 0.1) is 15.5 Å². The maximum atomic E-state index is 13.6. The van der Waals surface area contributed by atoms with Crippen molar-refractivity contribution < 1.29 is 21.6 Å². The zero-order valence-corrected chi connectivity index (χ0v) is 18.0. The van der Waals surface area contributed by atoms with Gasteiger partial charge >= 0.3 is 6.18 Å². The van der Waals surface area contributed by atoms with Gasteiger partial charge < -0.3 is 4.72 Å². The van der Waals surface area contributed by atoms with E-state index in [0.29, 0.717) is 5.56 Å². The first-order chi connectivity index (χ1) is 12.7. The molecule has 0 aromatic heterocycles. The normalized spacial score (nSPS) is 12.9. The van der Waals surface area contributed by atoms with Crippen LogP contribution < -0.4 is 9.44 Å². The molecule has 0 spiro atoms. The Balaban J connectivity index is 2.75. The molecule has 0 heterocycles. The summed E-state index contributed by atoms with van der Waals surface area (Å²) in [5.74, 6) is 0. The van der Waals surface area contributed by atoms with Crippen LogP contribution in [0, 0.1) is 6.92 Å². The van der Waals surface area contributed by atoms with Gasteiger partial charge in [0.2, 0.25) is 10.0 Å². The Hall–Kier alpha value is -1.42. The Bertz CT molecular complexity index is 1000. The zero-order chi connectivity index (χ0) is 21.5. The second kappa shape index (κ2) is 7.78. The molecular weight excluding hydrogens is 433 g/mol. The first-order valence-electron chi connectivity index (χ1n) is 8.11. The van der Waals surface area contributed by atoms with Crippen LogP contribution in [0.25, 0.3) is 11.1 Å². The summed E-state index contributed by atoms with van der Waals surface area (Å²) in [6, 6.07) is 6.23. The molecule has 0 saturated heterocycles. The second-order valence-electron chi connectivity index (χ2n) is 7.33. The molecule has 0 aliphatic heterocycles. The molecule has 10 heteroatoms. The molecule has 0 bridgehead atoms. The summed E-state index contributed by atoms with van der Waals surface area (Å²) in [5.41, 5.74) is -1.53. The smallest absolute Gasteiger partial charge is 0.332 e. The highest BCUT2D eigenvalue weighted by Gasteiger charge is 2.36. The molecule has 0 saturated carbocycles. The van der Waals surface area contributed by atoms with Crippen LogP contribution in [0.4, 0.5) is 18.9 Å². The third-order valence-corrected chi connectivity index (χ3v) is 6.19. The molecule has 0 amide bonds. The first-order valence-corrected chi connectivity index (χ1v) is 10.4. The predicted molar refractivity (Wildman–Crippen MR) is 109 cm³/mol. The minimum absolute atomic E-state index is 0.0444. The van der Waals surface area contributed by atoms with E-state index in [1.807, 2.05) is 0 Å². The van der Waals surface area contributed by atoms with Crippen LogP contribution in [0.2, 0.25) is 5.02 Å². The van der Waals surface area contributed by atoms with Crippen LogP contribution in [0.5, 0.6) is 0 Å². The average molecular weight is 453 g/mol. The summed E-state index contributed by atoms with van der Waals surface area (Å²) in [4.78, 5) is -0.111. The van der Waals surface area contributed by atoms with Gasteiger partial charge in [0.15, 0.2) is 0 Å². The maximum absolute atomic E-state index is 13.6. The van der Waals surface area contributed by atoms with E-state index in [1.165, 1.54) is 24.3 Å². The van der Waals surface area contributed by atoms with Gasteiger partial charge in [-0.25, -0.2) is 13.1 Å². The third kappa shape index (κ3) is 5.14. The van der Waals surface area contributed by atoms with Crippen molar-refractivity contribution in [3.8, 4) is 11.1 Å². The van der Waals surface area contributed by atoms with Crippen LogP contribution in [-0.2, 0) is 16.2 Å². The Kier molecular flexibility index (Phi) is 6.35. The standard InChI is InChI=1S/C18H20ClF3N2O2S2/c1-10-5-6-11(7-15(10)28(25,26)24-17(2,3)4)16-13(18(20,21)22)8-12(23-27)9-14(16)19/h5-9,23-24,27H,1-4H3. The summed E-state index contributed by atoms with van der Waals surface area (Å²) < 4.78 is 71.2. The highest BCUT2D eigenvalue weighted by atomic mass is 35.5. The molecular formula is C18H20ClF3N2O2S2. The minimum Gasteiger partial charge on any atom is -0.332 e. The average Bonchev–Trinajstić information content (AvgIpc) is 2.51. The molecule has 0 radical (unpaired) electrons. The van der Waals surface area contributed by atoms with Crippen molar-refractivity contribution in [2.45, 2.75) is 44.3 Å². The number of sulfonamides is 1. The molecule has 0 aliphatic carbocycles. The van der Waals surface area contributed by atoms with Gasteiger partial charge in [0.25, 0.3) is 0 Å².